The Kier molecular flexibility index (Phi) is 2.93. The molecule has 3 aromatic rings. The van der Waals surface area contributed by atoms with Crippen molar-refractivity contribution in [2.24, 2.45) is 0 Å². The standard InChI is InChI=1S/C15H11FN2O/c16-11-6-2-1-5-10(11)15(19)14-9-17-12-7-3-4-8-13(12)18-14/h1-9,15,19H. The molecule has 0 fully saturated rings. The summed E-state index contributed by atoms with van der Waals surface area (Å²) in [5.74, 6) is -0.454. The number of fused-ring (bicyclic) bond motifs is 1. The highest BCUT2D eigenvalue weighted by atomic mass is 19.1. The van der Waals surface area contributed by atoms with Crippen LogP contribution in [0.4, 0.5) is 4.39 Å². The van der Waals surface area contributed by atoms with Gasteiger partial charge in [-0.2, -0.15) is 0 Å². The lowest BCUT2D eigenvalue weighted by Gasteiger charge is -2.11. The quantitative estimate of drug-likeness (QED) is 0.764. The highest BCUT2D eigenvalue weighted by Gasteiger charge is 2.16. The third-order valence-corrected chi connectivity index (χ3v) is 2.95. The number of benzene rings is 2. The van der Waals surface area contributed by atoms with Gasteiger partial charge in [-0.05, 0) is 18.2 Å². The van der Waals surface area contributed by atoms with Gasteiger partial charge in [0.1, 0.15) is 11.9 Å². The Hall–Kier alpha value is -2.33. The van der Waals surface area contributed by atoms with E-state index in [-0.39, 0.29) is 5.56 Å². The van der Waals surface area contributed by atoms with Crippen LogP contribution in [-0.2, 0) is 0 Å². The molecule has 19 heavy (non-hydrogen) atoms. The second-order valence-corrected chi connectivity index (χ2v) is 4.21. The Morgan fingerprint density at radius 3 is 2.42 bits per heavy atom. The Morgan fingerprint density at radius 2 is 1.63 bits per heavy atom. The highest BCUT2D eigenvalue weighted by molar-refractivity contribution is 5.73. The van der Waals surface area contributed by atoms with Crippen LogP contribution in [0.3, 0.4) is 0 Å². The van der Waals surface area contributed by atoms with Crippen molar-refractivity contribution in [1.82, 2.24) is 9.97 Å². The molecular weight excluding hydrogens is 243 g/mol. The molecule has 0 radical (unpaired) electrons. The smallest absolute Gasteiger partial charge is 0.129 e. The summed E-state index contributed by atoms with van der Waals surface area (Å²) < 4.78 is 13.6. The van der Waals surface area contributed by atoms with Crippen molar-refractivity contribution >= 4 is 11.0 Å². The SMILES string of the molecule is OC(c1cnc2ccccc2n1)c1ccccc1F. The van der Waals surface area contributed by atoms with Crippen molar-refractivity contribution in [1.29, 1.82) is 0 Å². The summed E-state index contributed by atoms with van der Waals surface area (Å²) in [6, 6.07) is 13.5. The van der Waals surface area contributed by atoms with E-state index in [1.54, 1.807) is 18.2 Å². The zero-order valence-corrected chi connectivity index (χ0v) is 9.99. The summed E-state index contributed by atoms with van der Waals surface area (Å²) in [7, 11) is 0. The number of hydrogen-bond donors (Lipinski definition) is 1. The summed E-state index contributed by atoms with van der Waals surface area (Å²) in [5.41, 5.74) is 1.96. The van der Waals surface area contributed by atoms with E-state index in [1.807, 2.05) is 18.2 Å². The van der Waals surface area contributed by atoms with Crippen LogP contribution >= 0.6 is 0 Å². The first-order valence-electron chi connectivity index (χ1n) is 5.90. The van der Waals surface area contributed by atoms with Crippen molar-refractivity contribution in [2.45, 2.75) is 6.10 Å². The maximum absolute atomic E-state index is 13.6. The van der Waals surface area contributed by atoms with Crippen LogP contribution in [0.1, 0.15) is 17.4 Å². The van der Waals surface area contributed by atoms with Gasteiger partial charge in [-0.15, -0.1) is 0 Å². The van der Waals surface area contributed by atoms with Gasteiger partial charge in [0.05, 0.1) is 22.9 Å². The third kappa shape index (κ3) is 2.18. The normalized spacial score (nSPS) is 12.5. The first-order chi connectivity index (χ1) is 9.25. The minimum Gasteiger partial charge on any atom is -0.382 e. The Bertz CT molecular complexity index is 730. The summed E-state index contributed by atoms with van der Waals surface area (Å²) in [4.78, 5) is 8.53. The number of nitrogens with zero attached hydrogens (tertiary/aromatic N) is 2. The highest BCUT2D eigenvalue weighted by Crippen LogP contribution is 2.23. The fourth-order valence-corrected chi connectivity index (χ4v) is 1.96. The number of para-hydroxylation sites is 2. The van der Waals surface area contributed by atoms with E-state index in [1.165, 1.54) is 18.3 Å². The maximum atomic E-state index is 13.6. The molecule has 0 saturated heterocycles. The van der Waals surface area contributed by atoms with Gasteiger partial charge in [0, 0.05) is 5.56 Å². The van der Waals surface area contributed by atoms with E-state index in [9.17, 15) is 9.50 Å². The van der Waals surface area contributed by atoms with E-state index in [2.05, 4.69) is 9.97 Å². The van der Waals surface area contributed by atoms with Crippen LogP contribution in [-0.4, -0.2) is 15.1 Å². The van der Waals surface area contributed by atoms with Gasteiger partial charge in [0.25, 0.3) is 0 Å². The first kappa shape index (κ1) is 11.7. The van der Waals surface area contributed by atoms with Crippen molar-refractivity contribution in [3.05, 3.63) is 71.8 Å². The maximum Gasteiger partial charge on any atom is 0.129 e. The van der Waals surface area contributed by atoms with Crippen molar-refractivity contribution in [2.75, 3.05) is 0 Å². The molecule has 2 aromatic carbocycles. The lowest BCUT2D eigenvalue weighted by Crippen LogP contribution is -2.05. The molecule has 4 heteroatoms. The van der Waals surface area contributed by atoms with Crippen molar-refractivity contribution in [3.8, 4) is 0 Å². The summed E-state index contributed by atoms with van der Waals surface area (Å²) in [6.07, 6.45) is 0.359. The number of aliphatic hydroxyl groups is 1. The molecule has 0 aliphatic rings. The molecule has 0 amide bonds. The molecule has 94 valence electrons. The Balaban J connectivity index is 2.07. The number of hydrogen-bond acceptors (Lipinski definition) is 3. The minimum absolute atomic E-state index is 0.201. The summed E-state index contributed by atoms with van der Waals surface area (Å²) >= 11 is 0. The van der Waals surface area contributed by atoms with E-state index in [0.29, 0.717) is 11.2 Å². The topological polar surface area (TPSA) is 46.0 Å². The molecule has 0 saturated carbocycles. The van der Waals surface area contributed by atoms with Gasteiger partial charge in [0.15, 0.2) is 0 Å². The molecule has 0 aliphatic carbocycles. The van der Waals surface area contributed by atoms with Crippen LogP contribution in [0.25, 0.3) is 11.0 Å². The van der Waals surface area contributed by atoms with E-state index in [0.717, 1.165) is 5.52 Å². The third-order valence-electron chi connectivity index (χ3n) is 2.95. The number of halogens is 1. The zero-order chi connectivity index (χ0) is 13.2. The summed E-state index contributed by atoms with van der Waals surface area (Å²) in [5, 5.41) is 10.2. The van der Waals surface area contributed by atoms with Gasteiger partial charge in [-0.3, -0.25) is 4.98 Å². The fraction of sp³-hybridized carbons (Fsp3) is 0.0667. The second-order valence-electron chi connectivity index (χ2n) is 4.21. The largest absolute Gasteiger partial charge is 0.382 e. The zero-order valence-electron chi connectivity index (χ0n) is 9.99. The molecule has 3 nitrogen and oxygen atoms in total. The Morgan fingerprint density at radius 1 is 0.947 bits per heavy atom. The fourth-order valence-electron chi connectivity index (χ4n) is 1.96. The van der Waals surface area contributed by atoms with E-state index >= 15 is 0 Å². The molecule has 1 atom stereocenters. The predicted molar refractivity (Wildman–Crippen MR) is 70.0 cm³/mol. The van der Waals surface area contributed by atoms with Crippen molar-refractivity contribution < 1.29 is 9.50 Å². The number of aromatic nitrogens is 2. The van der Waals surface area contributed by atoms with Crippen LogP contribution < -0.4 is 0 Å². The monoisotopic (exact) mass is 254 g/mol. The molecule has 1 unspecified atom stereocenters. The van der Waals surface area contributed by atoms with Crippen LogP contribution in [0.5, 0.6) is 0 Å². The predicted octanol–water partition coefficient (Wildman–Crippen LogP) is 2.85. The molecule has 0 spiro atoms. The van der Waals surface area contributed by atoms with Gasteiger partial charge in [0.2, 0.25) is 0 Å². The lowest BCUT2D eigenvalue weighted by atomic mass is 10.1. The average molecular weight is 254 g/mol. The first-order valence-corrected chi connectivity index (χ1v) is 5.90. The van der Waals surface area contributed by atoms with Gasteiger partial charge in [-0.25, -0.2) is 9.37 Å². The second kappa shape index (κ2) is 4.74. The van der Waals surface area contributed by atoms with E-state index < -0.39 is 11.9 Å². The average Bonchev–Trinajstić information content (AvgIpc) is 2.46. The molecule has 1 heterocycles. The number of aliphatic hydroxyl groups excluding tert-OH is 1. The lowest BCUT2D eigenvalue weighted by molar-refractivity contribution is 0.210. The van der Waals surface area contributed by atoms with Crippen LogP contribution in [0.2, 0.25) is 0 Å². The van der Waals surface area contributed by atoms with Gasteiger partial charge >= 0.3 is 0 Å². The van der Waals surface area contributed by atoms with Crippen LogP contribution in [0.15, 0.2) is 54.7 Å². The number of rotatable bonds is 2. The Labute approximate surface area is 109 Å². The molecule has 1 aromatic heterocycles. The molecular formula is C15H11FN2O. The molecule has 0 aliphatic heterocycles. The van der Waals surface area contributed by atoms with Gasteiger partial charge < -0.3 is 5.11 Å². The minimum atomic E-state index is -1.11. The van der Waals surface area contributed by atoms with Crippen molar-refractivity contribution in [3.63, 3.8) is 0 Å². The molecule has 3 rings (SSSR count). The van der Waals surface area contributed by atoms with Crippen LogP contribution in [0, 0.1) is 5.82 Å². The molecule has 1 N–H and O–H groups in total. The van der Waals surface area contributed by atoms with Gasteiger partial charge in [-0.1, -0.05) is 30.3 Å². The summed E-state index contributed by atoms with van der Waals surface area (Å²) in [6.45, 7) is 0. The van der Waals surface area contributed by atoms with E-state index in [4.69, 9.17) is 0 Å². The molecule has 0 bridgehead atoms.